The van der Waals surface area contributed by atoms with Gasteiger partial charge < -0.3 is 15.2 Å². The largest absolute Gasteiger partial charge is 0.478 e. The highest BCUT2D eigenvalue weighted by Gasteiger charge is 2.24. The smallest absolute Gasteiger partial charge is 0.339 e. The Morgan fingerprint density at radius 2 is 1.70 bits per heavy atom. The molecule has 7 nitrogen and oxygen atoms in total. The molecule has 0 spiro atoms. The Hall–Kier alpha value is -4.04. The summed E-state index contributed by atoms with van der Waals surface area (Å²) in [7, 11) is 0. The minimum Gasteiger partial charge on any atom is -0.478 e. The van der Waals surface area contributed by atoms with Crippen molar-refractivity contribution in [1.82, 2.24) is 4.98 Å². The van der Waals surface area contributed by atoms with Crippen molar-refractivity contribution >= 4 is 45.1 Å². The highest BCUT2D eigenvalue weighted by atomic mass is 32.1. The summed E-state index contributed by atoms with van der Waals surface area (Å²) in [5.41, 5.74) is 2.34. The molecule has 0 aliphatic heterocycles. The molecule has 33 heavy (non-hydrogen) atoms. The maximum Gasteiger partial charge on any atom is 0.339 e. The van der Waals surface area contributed by atoms with E-state index >= 15 is 0 Å². The number of hydrogen-bond acceptors (Lipinski definition) is 6. The van der Waals surface area contributed by atoms with Crippen LogP contribution in [0.1, 0.15) is 34.1 Å². The first-order chi connectivity index (χ1) is 16.0. The van der Waals surface area contributed by atoms with Crippen molar-refractivity contribution in [3.63, 3.8) is 0 Å². The Morgan fingerprint density at radius 3 is 2.39 bits per heavy atom. The highest BCUT2D eigenvalue weighted by molar-refractivity contribution is 7.21. The van der Waals surface area contributed by atoms with Crippen LogP contribution < -0.4 is 5.32 Å². The number of amides is 1. The molecule has 1 atom stereocenters. The van der Waals surface area contributed by atoms with Gasteiger partial charge in [-0.1, -0.05) is 37.3 Å². The number of aromatic carboxylic acids is 1. The van der Waals surface area contributed by atoms with Gasteiger partial charge in [0.2, 0.25) is 0 Å². The van der Waals surface area contributed by atoms with Crippen molar-refractivity contribution in [3.8, 4) is 10.6 Å². The van der Waals surface area contributed by atoms with Crippen molar-refractivity contribution in [2.75, 3.05) is 5.32 Å². The summed E-state index contributed by atoms with van der Waals surface area (Å²) in [5.74, 6) is -2.17. The number of benzene rings is 3. The van der Waals surface area contributed by atoms with E-state index in [1.165, 1.54) is 35.6 Å². The van der Waals surface area contributed by atoms with Crippen molar-refractivity contribution in [1.29, 1.82) is 0 Å². The molecule has 1 heterocycles. The Kier molecular flexibility index (Phi) is 6.46. The SMILES string of the molecule is CCC(OC(=O)c1ccccc1-c1nc2ccccc2s1)C(=O)Nc1ccc(C(=O)O)cc1. The second-order valence-corrected chi connectivity index (χ2v) is 8.24. The normalized spacial score (nSPS) is 11.7. The number of carbonyl (C=O) groups is 3. The molecule has 166 valence electrons. The van der Waals surface area contributed by atoms with Gasteiger partial charge in [0, 0.05) is 11.3 Å². The van der Waals surface area contributed by atoms with E-state index in [4.69, 9.17) is 9.84 Å². The first-order valence-electron chi connectivity index (χ1n) is 10.3. The van der Waals surface area contributed by atoms with Gasteiger partial charge in [0.25, 0.3) is 5.91 Å². The van der Waals surface area contributed by atoms with Crippen LogP contribution >= 0.6 is 11.3 Å². The van der Waals surface area contributed by atoms with Gasteiger partial charge in [-0.05, 0) is 48.9 Å². The lowest BCUT2D eigenvalue weighted by Crippen LogP contribution is -2.32. The molecule has 1 aromatic heterocycles. The summed E-state index contributed by atoms with van der Waals surface area (Å²) in [6, 6.07) is 20.5. The fourth-order valence-corrected chi connectivity index (χ4v) is 4.27. The fraction of sp³-hybridized carbons (Fsp3) is 0.120. The van der Waals surface area contributed by atoms with Gasteiger partial charge in [0.1, 0.15) is 5.01 Å². The summed E-state index contributed by atoms with van der Waals surface area (Å²) < 4.78 is 6.56. The average molecular weight is 461 g/mol. The third kappa shape index (κ3) is 4.91. The van der Waals surface area contributed by atoms with Gasteiger partial charge in [-0.25, -0.2) is 14.6 Å². The second kappa shape index (κ2) is 9.62. The number of carboxylic acids is 1. The van der Waals surface area contributed by atoms with E-state index in [0.717, 1.165) is 10.2 Å². The molecule has 0 bridgehead atoms. The van der Waals surface area contributed by atoms with Crippen LogP contribution in [0.5, 0.6) is 0 Å². The van der Waals surface area contributed by atoms with Crippen LogP contribution in [0.2, 0.25) is 0 Å². The number of para-hydroxylation sites is 1. The van der Waals surface area contributed by atoms with E-state index < -0.39 is 23.9 Å². The number of fused-ring (bicyclic) bond motifs is 1. The maximum absolute atomic E-state index is 13.0. The molecule has 0 aliphatic rings. The molecule has 0 saturated carbocycles. The summed E-state index contributed by atoms with van der Waals surface area (Å²) in [6.07, 6.45) is -0.742. The van der Waals surface area contributed by atoms with Crippen LogP contribution in [0.25, 0.3) is 20.8 Å². The summed E-state index contributed by atoms with van der Waals surface area (Å²) >= 11 is 1.48. The van der Waals surface area contributed by atoms with Crippen molar-refractivity contribution in [3.05, 3.63) is 83.9 Å². The number of hydrogen-bond donors (Lipinski definition) is 2. The second-order valence-electron chi connectivity index (χ2n) is 7.21. The van der Waals surface area contributed by atoms with Crippen LogP contribution in [0.3, 0.4) is 0 Å². The first-order valence-corrected chi connectivity index (χ1v) is 11.1. The molecule has 0 fully saturated rings. The molecule has 0 radical (unpaired) electrons. The van der Waals surface area contributed by atoms with Crippen LogP contribution in [0, 0.1) is 0 Å². The number of rotatable bonds is 7. The molecule has 0 aliphatic carbocycles. The van der Waals surface area contributed by atoms with Gasteiger partial charge in [-0.15, -0.1) is 11.3 Å². The van der Waals surface area contributed by atoms with Gasteiger partial charge in [-0.2, -0.15) is 0 Å². The van der Waals surface area contributed by atoms with Gasteiger partial charge in [-0.3, -0.25) is 4.79 Å². The molecule has 0 saturated heterocycles. The van der Waals surface area contributed by atoms with E-state index in [-0.39, 0.29) is 12.0 Å². The number of carboxylic acid groups (broad SMARTS) is 1. The number of ether oxygens (including phenoxy) is 1. The summed E-state index contributed by atoms with van der Waals surface area (Å²) in [6.45, 7) is 1.74. The van der Waals surface area contributed by atoms with Gasteiger partial charge in [0.15, 0.2) is 6.10 Å². The van der Waals surface area contributed by atoms with Crippen molar-refractivity contribution in [2.45, 2.75) is 19.4 Å². The quantitative estimate of drug-likeness (QED) is 0.366. The minimum absolute atomic E-state index is 0.109. The van der Waals surface area contributed by atoms with Crippen molar-refractivity contribution in [2.24, 2.45) is 0 Å². The summed E-state index contributed by atoms with van der Waals surface area (Å²) in [4.78, 5) is 41.3. The number of nitrogens with one attached hydrogen (secondary N) is 1. The Bertz CT molecular complexity index is 1300. The predicted octanol–water partition coefficient (Wildman–Crippen LogP) is 5.24. The van der Waals surface area contributed by atoms with Crippen LogP contribution in [0.4, 0.5) is 5.69 Å². The standard InChI is InChI=1S/C25H20N2O5S/c1-2-20(22(28)26-16-13-11-15(12-14-16)24(29)30)32-25(31)18-8-4-3-7-17(18)23-27-19-9-5-6-10-21(19)33-23/h3-14,20H,2H2,1H3,(H,26,28)(H,29,30). The number of carbonyl (C=O) groups excluding carboxylic acids is 2. The molecule has 4 aromatic rings. The number of aromatic nitrogens is 1. The third-order valence-corrected chi connectivity index (χ3v) is 6.05. The number of thiazole rings is 1. The first kappa shape index (κ1) is 22.2. The lowest BCUT2D eigenvalue weighted by molar-refractivity contribution is -0.124. The molecule has 2 N–H and O–H groups in total. The van der Waals surface area contributed by atoms with E-state index in [1.807, 2.05) is 30.3 Å². The Labute approximate surface area is 193 Å². The fourth-order valence-electron chi connectivity index (χ4n) is 3.27. The van der Waals surface area contributed by atoms with E-state index in [0.29, 0.717) is 21.8 Å². The summed E-state index contributed by atoms with van der Waals surface area (Å²) in [5, 5.41) is 12.3. The molecular weight excluding hydrogens is 440 g/mol. The van der Waals surface area contributed by atoms with E-state index in [9.17, 15) is 14.4 Å². The Balaban J connectivity index is 1.52. The highest BCUT2D eigenvalue weighted by Crippen LogP contribution is 2.32. The molecule has 1 amide bonds. The number of nitrogens with zero attached hydrogens (tertiary/aromatic N) is 1. The molecule has 1 unspecified atom stereocenters. The van der Waals surface area contributed by atoms with Crippen molar-refractivity contribution < 1.29 is 24.2 Å². The zero-order valence-corrected chi connectivity index (χ0v) is 18.5. The monoisotopic (exact) mass is 460 g/mol. The Morgan fingerprint density at radius 1 is 1.00 bits per heavy atom. The van der Waals surface area contributed by atoms with Gasteiger partial charge in [0.05, 0.1) is 21.3 Å². The minimum atomic E-state index is -1.06. The molecule has 4 rings (SSSR count). The van der Waals surface area contributed by atoms with E-state index in [1.54, 1.807) is 25.1 Å². The number of esters is 1. The lowest BCUT2D eigenvalue weighted by Gasteiger charge is -2.17. The average Bonchev–Trinajstić information content (AvgIpc) is 3.27. The zero-order chi connectivity index (χ0) is 23.4. The van der Waals surface area contributed by atoms with Crippen LogP contribution in [-0.2, 0) is 9.53 Å². The maximum atomic E-state index is 13.0. The molecular formula is C25H20N2O5S. The number of anilines is 1. The topological polar surface area (TPSA) is 106 Å². The third-order valence-electron chi connectivity index (χ3n) is 4.98. The molecule has 8 heteroatoms. The zero-order valence-electron chi connectivity index (χ0n) is 17.6. The van der Waals surface area contributed by atoms with Crippen LogP contribution in [0.15, 0.2) is 72.8 Å². The lowest BCUT2D eigenvalue weighted by atomic mass is 10.1. The van der Waals surface area contributed by atoms with Gasteiger partial charge >= 0.3 is 11.9 Å². The van der Waals surface area contributed by atoms with Crippen LogP contribution in [-0.4, -0.2) is 34.0 Å². The predicted molar refractivity (Wildman–Crippen MR) is 127 cm³/mol. The molecule has 3 aromatic carbocycles. The van der Waals surface area contributed by atoms with E-state index in [2.05, 4.69) is 10.3 Å².